The van der Waals surface area contributed by atoms with E-state index in [0.717, 1.165) is 5.56 Å². The number of nitriles is 1. The maximum absolute atomic E-state index is 11.2. The maximum atomic E-state index is 11.2. The molecule has 0 unspecified atom stereocenters. The summed E-state index contributed by atoms with van der Waals surface area (Å²) in [6.45, 7) is 4.40. The van der Waals surface area contributed by atoms with Gasteiger partial charge in [0, 0.05) is 29.9 Å². The Morgan fingerprint density at radius 1 is 1.20 bits per heavy atom. The number of nitro groups is 1. The van der Waals surface area contributed by atoms with E-state index in [0.29, 0.717) is 34.7 Å². The highest BCUT2D eigenvalue weighted by Gasteiger charge is 2.17. The SMILES string of the molecule is CCOCOc1cc(C)ccc1-c1cc(-c2cccc([N+](=O)[O-])c2)c(C#N)c(N)n1. The van der Waals surface area contributed by atoms with Gasteiger partial charge in [-0.15, -0.1) is 0 Å². The molecule has 3 aromatic rings. The third kappa shape index (κ3) is 4.37. The quantitative estimate of drug-likeness (QED) is 0.267. The molecular formula is C22H20N4O4. The van der Waals surface area contributed by atoms with E-state index < -0.39 is 4.92 Å². The summed E-state index contributed by atoms with van der Waals surface area (Å²) in [7, 11) is 0. The van der Waals surface area contributed by atoms with Crippen LogP contribution in [-0.2, 0) is 4.74 Å². The van der Waals surface area contributed by atoms with Crippen molar-refractivity contribution in [2.24, 2.45) is 0 Å². The highest BCUT2D eigenvalue weighted by atomic mass is 16.7. The Balaban J connectivity index is 2.16. The Kier molecular flexibility index (Phi) is 6.25. The molecule has 152 valence electrons. The number of aromatic nitrogens is 1. The second-order valence-electron chi connectivity index (χ2n) is 6.49. The Labute approximate surface area is 173 Å². The van der Waals surface area contributed by atoms with Gasteiger partial charge in [-0.3, -0.25) is 10.1 Å². The zero-order valence-electron chi connectivity index (χ0n) is 16.6. The van der Waals surface area contributed by atoms with Crippen LogP contribution >= 0.6 is 0 Å². The van der Waals surface area contributed by atoms with E-state index >= 15 is 0 Å². The van der Waals surface area contributed by atoms with E-state index in [1.807, 2.05) is 38.1 Å². The lowest BCUT2D eigenvalue weighted by atomic mass is 9.97. The molecule has 0 aliphatic carbocycles. The first kappa shape index (κ1) is 20.8. The van der Waals surface area contributed by atoms with Crippen molar-refractivity contribution >= 4 is 11.5 Å². The minimum atomic E-state index is -0.485. The van der Waals surface area contributed by atoms with Crippen LogP contribution in [0.3, 0.4) is 0 Å². The van der Waals surface area contributed by atoms with Crippen LogP contribution in [0.15, 0.2) is 48.5 Å². The molecule has 0 aliphatic rings. The number of nitrogens with zero attached hydrogens (tertiary/aromatic N) is 3. The summed E-state index contributed by atoms with van der Waals surface area (Å²) >= 11 is 0. The molecule has 2 N–H and O–H groups in total. The van der Waals surface area contributed by atoms with Crippen LogP contribution in [0.4, 0.5) is 11.5 Å². The number of anilines is 1. The number of pyridine rings is 1. The van der Waals surface area contributed by atoms with Crippen molar-refractivity contribution in [3.8, 4) is 34.2 Å². The molecule has 1 aromatic heterocycles. The number of nitrogens with two attached hydrogens (primary N) is 1. The number of nitro benzene ring substituents is 1. The van der Waals surface area contributed by atoms with E-state index in [9.17, 15) is 15.4 Å². The Hall–Kier alpha value is -3.96. The summed E-state index contributed by atoms with van der Waals surface area (Å²) in [6, 6.07) is 15.4. The van der Waals surface area contributed by atoms with Crippen molar-refractivity contribution in [3.05, 3.63) is 69.8 Å². The van der Waals surface area contributed by atoms with E-state index in [1.54, 1.807) is 18.2 Å². The minimum absolute atomic E-state index is 0.0350. The van der Waals surface area contributed by atoms with Gasteiger partial charge < -0.3 is 15.2 Å². The number of non-ortho nitro benzene ring substituents is 1. The van der Waals surface area contributed by atoms with Crippen molar-refractivity contribution in [1.29, 1.82) is 5.26 Å². The van der Waals surface area contributed by atoms with E-state index in [2.05, 4.69) is 4.98 Å². The summed E-state index contributed by atoms with van der Waals surface area (Å²) in [6.07, 6.45) is 0. The van der Waals surface area contributed by atoms with Gasteiger partial charge in [0.1, 0.15) is 23.2 Å². The van der Waals surface area contributed by atoms with Gasteiger partial charge in [0.15, 0.2) is 6.79 Å². The average molecular weight is 404 g/mol. The van der Waals surface area contributed by atoms with Crippen LogP contribution in [0.2, 0.25) is 0 Å². The van der Waals surface area contributed by atoms with Gasteiger partial charge in [0.05, 0.1) is 10.6 Å². The molecule has 0 amide bonds. The normalized spacial score (nSPS) is 10.4. The fourth-order valence-corrected chi connectivity index (χ4v) is 2.98. The molecule has 0 radical (unpaired) electrons. The van der Waals surface area contributed by atoms with Gasteiger partial charge in [-0.2, -0.15) is 5.26 Å². The summed E-state index contributed by atoms with van der Waals surface area (Å²) in [4.78, 5) is 15.1. The lowest BCUT2D eigenvalue weighted by molar-refractivity contribution is -0.384. The van der Waals surface area contributed by atoms with Gasteiger partial charge in [-0.25, -0.2) is 4.98 Å². The Morgan fingerprint density at radius 2 is 2.00 bits per heavy atom. The molecule has 2 aromatic carbocycles. The molecule has 0 bridgehead atoms. The fourth-order valence-electron chi connectivity index (χ4n) is 2.98. The molecule has 0 atom stereocenters. The maximum Gasteiger partial charge on any atom is 0.270 e. The summed E-state index contributed by atoms with van der Waals surface area (Å²) in [5.74, 6) is 0.595. The van der Waals surface area contributed by atoms with Gasteiger partial charge >= 0.3 is 0 Å². The van der Waals surface area contributed by atoms with Crippen LogP contribution in [-0.4, -0.2) is 23.3 Å². The summed E-state index contributed by atoms with van der Waals surface area (Å²) in [5.41, 5.74) is 9.26. The van der Waals surface area contributed by atoms with Gasteiger partial charge in [-0.05, 0) is 43.2 Å². The van der Waals surface area contributed by atoms with Crippen molar-refractivity contribution in [2.75, 3.05) is 19.1 Å². The van der Waals surface area contributed by atoms with Crippen molar-refractivity contribution in [1.82, 2.24) is 4.98 Å². The molecule has 0 fully saturated rings. The van der Waals surface area contributed by atoms with Gasteiger partial charge in [0.25, 0.3) is 5.69 Å². The van der Waals surface area contributed by atoms with Crippen LogP contribution in [0.5, 0.6) is 5.75 Å². The first-order valence-corrected chi connectivity index (χ1v) is 9.21. The standard InChI is InChI=1S/C22H20N4O4/c1-3-29-13-30-21-9-14(2)7-8-17(21)20-11-18(19(12-23)22(24)25-20)15-5-4-6-16(10-15)26(27)28/h4-11H,3,13H2,1-2H3,(H2,24,25). The number of nitrogen functional groups attached to an aromatic ring is 1. The third-order valence-electron chi connectivity index (χ3n) is 4.44. The smallest absolute Gasteiger partial charge is 0.270 e. The molecule has 0 saturated carbocycles. The predicted octanol–water partition coefficient (Wildman–Crippen LogP) is 4.46. The predicted molar refractivity (Wildman–Crippen MR) is 113 cm³/mol. The first-order valence-electron chi connectivity index (χ1n) is 9.21. The zero-order valence-corrected chi connectivity index (χ0v) is 16.6. The monoisotopic (exact) mass is 404 g/mol. The van der Waals surface area contributed by atoms with Crippen LogP contribution in [0.1, 0.15) is 18.1 Å². The molecule has 0 spiro atoms. The van der Waals surface area contributed by atoms with Crippen molar-refractivity contribution in [2.45, 2.75) is 13.8 Å². The molecule has 8 heteroatoms. The minimum Gasteiger partial charge on any atom is -0.467 e. The number of hydrogen-bond donors (Lipinski definition) is 1. The highest BCUT2D eigenvalue weighted by Crippen LogP contribution is 2.36. The lowest BCUT2D eigenvalue weighted by Gasteiger charge is -2.14. The number of aryl methyl sites for hydroxylation is 1. The highest BCUT2D eigenvalue weighted by molar-refractivity contribution is 5.82. The molecule has 0 aliphatic heterocycles. The van der Waals surface area contributed by atoms with E-state index in [4.69, 9.17) is 15.2 Å². The largest absolute Gasteiger partial charge is 0.467 e. The first-order chi connectivity index (χ1) is 14.4. The zero-order chi connectivity index (χ0) is 21.7. The summed E-state index contributed by atoms with van der Waals surface area (Å²) in [5, 5.41) is 20.8. The van der Waals surface area contributed by atoms with Crippen LogP contribution in [0, 0.1) is 28.4 Å². The van der Waals surface area contributed by atoms with Crippen molar-refractivity contribution < 1.29 is 14.4 Å². The van der Waals surface area contributed by atoms with Crippen molar-refractivity contribution in [3.63, 3.8) is 0 Å². The van der Waals surface area contributed by atoms with E-state index in [-0.39, 0.29) is 23.9 Å². The molecule has 3 rings (SSSR count). The molecule has 0 saturated heterocycles. The van der Waals surface area contributed by atoms with Crippen LogP contribution in [0.25, 0.3) is 22.4 Å². The van der Waals surface area contributed by atoms with Gasteiger partial charge in [0.2, 0.25) is 0 Å². The third-order valence-corrected chi connectivity index (χ3v) is 4.44. The number of rotatable bonds is 7. The molecule has 8 nitrogen and oxygen atoms in total. The number of ether oxygens (including phenoxy) is 2. The number of benzene rings is 2. The second kappa shape index (κ2) is 9.03. The topological polar surface area (TPSA) is 124 Å². The second-order valence-corrected chi connectivity index (χ2v) is 6.49. The fraction of sp³-hybridized carbons (Fsp3) is 0.182. The lowest BCUT2D eigenvalue weighted by Crippen LogP contribution is -2.05. The Bertz CT molecular complexity index is 1140. The van der Waals surface area contributed by atoms with E-state index in [1.165, 1.54) is 12.1 Å². The summed E-state index contributed by atoms with van der Waals surface area (Å²) < 4.78 is 11.0. The molecular weight excluding hydrogens is 384 g/mol. The van der Waals surface area contributed by atoms with Crippen LogP contribution < -0.4 is 10.5 Å². The average Bonchev–Trinajstić information content (AvgIpc) is 2.73. The number of hydrogen-bond acceptors (Lipinski definition) is 7. The molecule has 30 heavy (non-hydrogen) atoms. The van der Waals surface area contributed by atoms with Gasteiger partial charge in [-0.1, -0.05) is 18.2 Å². The molecule has 1 heterocycles. The Morgan fingerprint density at radius 3 is 2.70 bits per heavy atom.